The van der Waals surface area contributed by atoms with E-state index in [0.717, 1.165) is 6.08 Å². The van der Waals surface area contributed by atoms with Crippen molar-refractivity contribution < 1.29 is 70.8 Å². The van der Waals surface area contributed by atoms with Gasteiger partial charge in [-0.05, 0) is 57.2 Å². The van der Waals surface area contributed by atoms with Crippen LogP contribution in [0.5, 0.6) is 0 Å². The summed E-state index contributed by atoms with van der Waals surface area (Å²) >= 11 is 0. The number of nitrogens with one attached hydrogen (secondary N) is 1. The van der Waals surface area contributed by atoms with Gasteiger partial charge < -0.3 is 39.0 Å². The number of esters is 3. The van der Waals surface area contributed by atoms with Gasteiger partial charge >= 0.3 is 24.1 Å². The lowest BCUT2D eigenvalue weighted by Gasteiger charge is -2.50. The Hall–Kier alpha value is -4.10. The summed E-state index contributed by atoms with van der Waals surface area (Å²) in [5.41, 5.74) is -1.37. The lowest BCUT2D eigenvalue weighted by Crippen LogP contribution is -2.70. The van der Waals surface area contributed by atoms with E-state index in [0.29, 0.717) is 24.0 Å². The maximum atomic E-state index is 15.0. The van der Waals surface area contributed by atoms with Crippen LogP contribution < -0.4 is 5.32 Å². The van der Waals surface area contributed by atoms with Crippen LogP contribution in [0.3, 0.4) is 0 Å². The summed E-state index contributed by atoms with van der Waals surface area (Å²) in [7, 11) is 0. The van der Waals surface area contributed by atoms with Gasteiger partial charge in [0.2, 0.25) is 11.8 Å². The Morgan fingerprint density at radius 3 is 2.59 bits per heavy atom. The summed E-state index contributed by atoms with van der Waals surface area (Å²) in [4.78, 5) is 74.8. The Labute approximate surface area is 308 Å². The third-order valence-corrected chi connectivity index (χ3v) is 10.1. The molecular weight excluding hydrogens is 723 g/mol. The molecule has 5 aliphatic rings. The first kappa shape index (κ1) is 39.6. The number of carbonyl (C=O) groups is 5. The van der Waals surface area contributed by atoms with E-state index in [4.69, 9.17) is 23.8 Å². The largest absolute Gasteiger partial charge is 0.460 e. The minimum atomic E-state index is -4.69. The first-order valence-electron chi connectivity index (χ1n) is 17.8. The van der Waals surface area contributed by atoms with Crippen LogP contribution in [0.25, 0.3) is 6.08 Å². The number of aliphatic hydroxyl groups excluding tert-OH is 1. The molecule has 2 N–H and O–H groups in total. The van der Waals surface area contributed by atoms with Crippen LogP contribution in [0.1, 0.15) is 64.0 Å². The number of amides is 2. The highest BCUT2D eigenvalue weighted by Crippen LogP contribution is 2.56. The zero-order valence-corrected chi connectivity index (χ0v) is 30.0. The molecule has 2 amide bonds. The standard InChI is InChI=1S/C36H44F3N3O12/c1-34(2,3)53-26(45)13-11-22(17-43)40-31(46)23-9-6-14-41(23)33(48)35-15-24-27-28(51-19-50-27)30(35)54-42(29(35)32(47)52-24)16-21-8-5-4-7-20(21)10-12-25(44)49-18-36(37,38)39/h4-5,7-8,10,12,22-24,27-30,43H,6,9,11,13-19H2,1-3H3,(H,40,46). The van der Waals surface area contributed by atoms with Crippen molar-refractivity contribution in [2.24, 2.45) is 5.41 Å². The van der Waals surface area contributed by atoms with Gasteiger partial charge in [0.25, 0.3) is 0 Å². The van der Waals surface area contributed by atoms with Crippen molar-refractivity contribution in [1.29, 1.82) is 0 Å². The van der Waals surface area contributed by atoms with Gasteiger partial charge in [0.15, 0.2) is 12.6 Å². The number of ether oxygens (including phenoxy) is 5. The van der Waals surface area contributed by atoms with Crippen LogP contribution in [-0.4, -0.2) is 126 Å². The number of halogens is 3. The maximum Gasteiger partial charge on any atom is 0.422 e. The van der Waals surface area contributed by atoms with Crippen LogP contribution >= 0.6 is 0 Å². The highest BCUT2D eigenvalue weighted by Gasteiger charge is 2.75. The quantitative estimate of drug-likeness (QED) is 0.179. The lowest BCUT2D eigenvalue weighted by atomic mass is 9.62. The van der Waals surface area contributed by atoms with E-state index in [1.807, 2.05) is 0 Å². The smallest absolute Gasteiger partial charge is 0.422 e. The van der Waals surface area contributed by atoms with Gasteiger partial charge in [-0.15, -0.1) is 0 Å². The molecule has 1 aromatic carbocycles. The summed E-state index contributed by atoms with van der Waals surface area (Å²) in [5, 5.41) is 14.1. The fourth-order valence-electron chi connectivity index (χ4n) is 7.92. The third kappa shape index (κ3) is 8.27. The molecule has 4 saturated heterocycles. The summed E-state index contributed by atoms with van der Waals surface area (Å²) in [6, 6.07) is 3.55. The number of likely N-dealkylation sites (tertiary alicyclic amines) is 1. The Morgan fingerprint density at radius 2 is 1.87 bits per heavy atom. The van der Waals surface area contributed by atoms with Gasteiger partial charge in [-0.3, -0.25) is 24.0 Å². The second-order valence-corrected chi connectivity index (χ2v) is 15.0. The average molecular weight is 768 g/mol. The van der Waals surface area contributed by atoms with Crippen molar-refractivity contribution in [2.75, 3.05) is 26.6 Å². The second kappa shape index (κ2) is 15.6. The molecule has 8 atom stereocenters. The number of hydrogen-bond donors (Lipinski definition) is 2. The molecular formula is C36H44F3N3O12. The molecule has 1 saturated carbocycles. The molecule has 0 spiro atoms. The van der Waals surface area contributed by atoms with E-state index in [-0.39, 0.29) is 39.1 Å². The van der Waals surface area contributed by atoms with Crippen LogP contribution in [-0.2, 0) is 59.0 Å². The topological polar surface area (TPSA) is 179 Å². The SMILES string of the molecule is CC(C)(C)OC(=O)CCC(CO)NC(=O)C1CCCN1C(=O)C12CC3OC(=O)C1N(Cc1ccccc1C=CC(=O)OCC(F)(F)F)OC2C1OCOC31. The van der Waals surface area contributed by atoms with Gasteiger partial charge in [0.05, 0.1) is 19.2 Å². The van der Waals surface area contributed by atoms with E-state index >= 15 is 4.79 Å². The molecule has 54 heavy (non-hydrogen) atoms. The normalized spacial score (nSPS) is 29.8. The molecule has 4 heterocycles. The maximum absolute atomic E-state index is 15.0. The van der Waals surface area contributed by atoms with Crippen LogP contribution in [0, 0.1) is 5.41 Å². The first-order valence-corrected chi connectivity index (χ1v) is 17.8. The molecule has 0 radical (unpaired) electrons. The predicted molar refractivity (Wildman–Crippen MR) is 177 cm³/mol. The monoisotopic (exact) mass is 767 g/mol. The molecule has 1 aromatic rings. The summed E-state index contributed by atoms with van der Waals surface area (Å²) < 4.78 is 64.8. The molecule has 6 rings (SSSR count). The van der Waals surface area contributed by atoms with Crippen LogP contribution in [0.4, 0.5) is 13.2 Å². The Morgan fingerprint density at radius 1 is 1.13 bits per heavy atom. The Balaban J connectivity index is 1.23. The predicted octanol–water partition coefficient (Wildman–Crippen LogP) is 1.94. The van der Waals surface area contributed by atoms with Crippen molar-refractivity contribution >= 4 is 35.8 Å². The molecule has 296 valence electrons. The van der Waals surface area contributed by atoms with Crippen molar-refractivity contribution in [3.05, 3.63) is 41.5 Å². The number of rotatable bonds is 12. The number of hydrogen-bond acceptors (Lipinski definition) is 13. The summed E-state index contributed by atoms with van der Waals surface area (Å²) in [6.45, 7) is 2.95. The zero-order valence-electron chi connectivity index (χ0n) is 30.0. The molecule has 4 aliphatic heterocycles. The van der Waals surface area contributed by atoms with Crippen molar-refractivity contribution in [3.63, 3.8) is 0 Å². The summed E-state index contributed by atoms with van der Waals surface area (Å²) in [6.07, 6.45) is -5.11. The Bertz CT molecular complexity index is 1650. The zero-order chi connectivity index (χ0) is 39.0. The van der Waals surface area contributed by atoms with E-state index in [2.05, 4.69) is 10.1 Å². The number of aliphatic hydroxyl groups is 1. The fourth-order valence-corrected chi connectivity index (χ4v) is 7.92. The van der Waals surface area contributed by atoms with Gasteiger partial charge in [-0.2, -0.15) is 18.2 Å². The molecule has 0 aromatic heterocycles. The highest BCUT2D eigenvalue weighted by molar-refractivity contribution is 5.96. The van der Waals surface area contributed by atoms with Crippen LogP contribution in [0.2, 0.25) is 0 Å². The van der Waals surface area contributed by atoms with Gasteiger partial charge in [-0.1, -0.05) is 24.3 Å². The van der Waals surface area contributed by atoms with E-state index in [9.17, 15) is 37.5 Å². The second-order valence-electron chi connectivity index (χ2n) is 15.0. The van der Waals surface area contributed by atoms with Gasteiger partial charge in [0, 0.05) is 25.5 Å². The number of carbonyl (C=O) groups excluding carboxylic acids is 5. The average Bonchev–Trinajstić information content (AvgIpc) is 3.86. The van der Waals surface area contributed by atoms with E-state index in [1.165, 1.54) is 16.0 Å². The number of benzene rings is 1. The van der Waals surface area contributed by atoms with E-state index in [1.54, 1.807) is 45.0 Å². The molecule has 1 aliphatic carbocycles. The lowest BCUT2D eigenvalue weighted by molar-refractivity contribution is -0.204. The molecule has 8 unspecified atom stereocenters. The van der Waals surface area contributed by atoms with Gasteiger partial charge in [0.1, 0.15) is 48.3 Å². The van der Waals surface area contributed by atoms with Gasteiger partial charge in [-0.25, -0.2) is 4.79 Å². The fraction of sp³-hybridized carbons (Fsp3) is 0.639. The summed E-state index contributed by atoms with van der Waals surface area (Å²) in [5.74, 6) is -3.48. The molecule has 2 bridgehead atoms. The number of hydroxylamine groups is 2. The Kier molecular flexibility index (Phi) is 11.4. The minimum Gasteiger partial charge on any atom is -0.460 e. The molecule has 5 fully saturated rings. The van der Waals surface area contributed by atoms with E-state index < -0.39 is 103 Å². The minimum absolute atomic E-state index is 0.0144. The molecule has 18 heteroatoms. The highest BCUT2D eigenvalue weighted by atomic mass is 19.4. The van der Waals surface area contributed by atoms with Crippen LogP contribution in [0.15, 0.2) is 30.3 Å². The number of alkyl halides is 3. The van der Waals surface area contributed by atoms with Crippen molar-refractivity contribution in [3.8, 4) is 0 Å². The molecule has 15 nitrogen and oxygen atoms in total. The number of fused-ring (bicyclic) bond motifs is 4. The first-order chi connectivity index (χ1) is 25.5. The third-order valence-electron chi connectivity index (χ3n) is 10.1. The van der Waals surface area contributed by atoms with Crippen molar-refractivity contribution in [1.82, 2.24) is 15.3 Å². The van der Waals surface area contributed by atoms with Crippen molar-refractivity contribution in [2.45, 2.75) is 114 Å². The number of nitrogens with zero attached hydrogens (tertiary/aromatic N) is 2.